The van der Waals surface area contributed by atoms with Crippen LogP contribution in [0.3, 0.4) is 0 Å². The molecule has 0 aromatic carbocycles. The molecule has 3 aliphatic rings. The van der Waals surface area contributed by atoms with Gasteiger partial charge in [0.2, 0.25) is 0 Å². The van der Waals surface area contributed by atoms with E-state index in [1.54, 1.807) is 0 Å². The molecule has 0 bridgehead atoms. The Hall–Kier alpha value is -2.15. The minimum absolute atomic E-state index is 0.00540. The van der Waals surface area contributed by atoms with Gasteiger partial charge in [0.15, 0.2) is 0 Å². The predicted octanol–water partition coefficient (Wildman–Crippen LogP) is 7.22. The fourth-order valence-electron chi connectivity index (χ4n) is 5.08. The summed E-state index contributed by atoms with van der Waals surface area (Å²) in [7, 11) is 0. The van der Waals surface area contributed by atoms with Crippen LogP contribution in [-0.2, 0) is 4.79 Å². The minimum atomic E-state index is -0.0457. The van der Waals surface area contributed by atoms with Crippen molar-refractivity contribution < 1.29 is 4.79 Å². The average molecular weight is 375 g/mol. The van der Waals surface area contributed by atoms with Gasteiger partial charge in [-0.3, -0.25) is 4.79 Å². The van der Waals surface area contributed by atoms with Gasteiger partial charge in [-0.15, -0.1) is 0 Å². The second kappa shape index (κ2) is 8.47. The highest BCUT2D eigenvalue weighted by Gasteiger charge is 2.55. The Bertz CT molecular complexity index is 826. The molecule has 0 aromatic heterocycles. The maximum atomic E-state index is 11.5. The van der Waals surface area contributed by atoms with E-state index < -0.39 is 0 Å². The number of rotatable bonds is 5. The fraction of sp³-hybridized carbons (Fsp3) is 0.444. The normalized spacial score (nSPS) is 33.7. The van der Waals surface area contributed by atoms with E-state index in [2.05, 4.69) is 75.5 Å². The number of aldehydes is 1. The summed E-state index contributed by atoms with van der Waals surface area (Å²) in [5.41, 5.74) is 5.13. The maximum absolute atomic E-state index is 11.5. The van der Waals surface area contributed by atoms with E-state index in [9.17, 15) is 4.79 Å². The van der Waals surface area contributed by atoms with Crippen LogP contribution in [0.5, 0.6) is 0 Å². The van der Waals surface area contributed by atoms with Crippen molar-refractivity contribution in [1.29, 1.82) is 0 Å². The van der Waals surface area contributed by atoms with E-state index in [1.807, 2.05) is 13.0 Å². The summed E-state index contributed by atoms with van der Waals surface area (Å²) in [6, 6.07) is 0. The highest BCUT2D eigenvalue weighted by atomic mass is 16.1. The van der Waals surface area contributed by atoms with Crippen LogP contribution in [0.2, 0.25) is 0 Å². The lowest BCUT2D eigenvalue weighted by Gasteiger charge is -2.56. The molecule has 3 atom stereocenters. The van der Waals surface area contributed by atoms with Crippen molar-refractivity contribution in [2.24, 2.45) is 16.7 Å². The van der Waals surface area contributed by atoms with E-state index in [4.69, 9.17) is 0 Å². The summed E-state index contributed by atoms with van der Waals surface area (Å²) < 4.78 is 0. The molecule has 148 valence electrons. The van der Waals surface area contributed by atoms with Gasteiger partial charge in [0.1, 0.15) is 6.29 Å². The van der Waals surface area contributed by atoms with Crippen LogP contribution in [0.1, 0.15) is 59.8 Å². The van der Waals surface area contributed by atoms with E-state index in [0.717, 1.165) is 37.5 Å². The molecule has 3 aliphatic carbocycles. The summed E-state index contributed by atoms with van der Waals surface area (Å²) in [6.45, 7) is 8.76. The van der Waals surface area contributed by atoms with E-state index in [1.165, 1.54) is 23.1 Å². The number of hydrogen-bond donors (Lipinski definition) is 0. The first-order valence-electron chi connectivity index (χ1n) is 10.8. The second-order valence-corrected chi connectivity index (χ2v) is 8.53. The lowest BCUT2D eigenvalue weighted by molar-refractivity contribution is -0.104. The van der Waals surface area contributed by atoms with Gasteiger partial charge in [0.05, 0.1) is 0 Å². The Labute approximate surface area is 171 Å². The van der Waals surface area contributed by atoms with Crippen LogP contribution in [0.15, 0.2) is 83.1 Å². The van der Waals surface area contributed by atoms with Gasteiger partial charge in [-0.2, -0.15) is 0 Å². The Morgan fingerprint density at radius 1 is 1.11 bits per heavy atom. The minimum Gasteiger partial charge on any atom is -0.298 e. The van der Waals surface area contributed by atoms with Crippen LogP contribution >= 0.6 is 0 Å². The van der Waals surface area contributed by atoms with Crippen molar-refractivity contribution in [3.05, 3.63) is 83.1 Å². The van der Waals surface area contributed by atoms with Crippen molar-refractivity contribution in [3.8, 4) is 0 Å². The largest absolute Gasteiger partial charge is 0.298 e. The monoisotopic (exact) mass is 374 g/mol. The molecule has 1 fully saturated rings. The molecular weight excluding hydrogens is 340 g/mol. The molecule has 3 rings (SSSR count). The van der Waals surface area contributed by atoms with E-state index in [-0.39, 0.29) is 10.8 Å². The molecule has 0 aromatic rings. The summed E-state index contributed by atoms with van der Waals surface area (Å²) >= 11 is 0. The molecule has 0 heterocycles. The van der Waals surface area contributed by atoms with Crippen LogP contribution in [0, 0.1) is 16.7 Å². The van der Waals surface area contributed by atoms with Crippen molar-refractivity contribution in [2.45, 2.75) is 59.8 Å². The van der Waals surface area contributed by atoms with Crippen LogP contribution in [-0.4, -0.2) is 6.29 Å². The lowest BCUT2D eigenvalue weighted by atomic mass is 9.46. The molecule has 0 N–H and O–H groups in total. The van der Waals surface area contributed by atoms with Crippen LogP contribution in [0.4, 0.5) is 0 Å². The summed E-state index contributed by atoms with van der Waals surface area (Å²) in [6.07, 6.45) is 29.0. The number of hydrogen-bond acceptors (Lipinski definition) is 1. The molecule has 0 aliphatic heterocycles. The van der Waals surface area contributed by atoms with Gasteiger partial charge >= 0.3 is 0 Å². The summed E-state index contributed by atoms with van der Waals surface area (Å²) in [5, 5.41) is 0. The average Bonchev–Trinajstić information content (AvgIpc) is 2.74. The van der Waals surface area contributed by atoms with E-state index in [0.29, 0.717) is 5.92 Å². The molecule has 0 spiro atoms. The predicted molar refractivity (Wildman–Crippen MR) is 120 cm³/mol. The smallest absolute Gasteiger partial charge is 0.149 e. The van der Waals surface area contributed by atoms with Crippen LogP contribution in [0.25, 0.3) is 0 Å². The third kappa shape index (κ3) is 3.36. The zero-order chi connectivity index (χ0) is 20.2. The molecule has 3 unspecified atom stereocenters. The summed E-state index contributed by atoms with van der Waals surface area (Å²) in [5.74, 6) is 0.621. The van der Waals surface area contributed by atoms with Gasteiger partial charge in [0, 0.05) is 16.4 Å². The third-order valence-corrected chi connectivity index (χ3v) is 7.27. The van der Waals surface area contributed by atoms with Crippen molar-refractivity contribution >= 4 is 6.29 Å². The Balaban J connectivity index is 2.13. The first kappa shape index (κ1) is 20.6. The fourth-order valence-corrected chi connectivity index (χ4v) is 5.08. The number of carbonyl (C=O) groups excluding carboxylic acids is 1. The molecule has 1 saturated carbocycles. The standard InChI is InChI=1S/C27H34O/c1-5-21(3)22(4)11-12-24-13-14-25(19-23(6-2)20-28)27-17-9-7-15-26(24,27)16-8-10-18-27/h6-12,15,17,19-21H,5,13-14,16,18H2,1-4H3. The van der Waals surface area contributed by atoms with Gasteiger partial charge in [-0.05, 0) is 51.9 Å². The quantitative estimate of drug-likeness (QED) is 0.282. The van der Waals surface area contributed by atoms with Gasteiger partial charge in [0.25, 0.3) is 0 Å². The Morgan fingerprint density at radius 2 is 1.71 bits per heavy atom. The maximum Gasteiger partial charge on any atom is 0.149 e. The molecule has 0 radical (unpaired) electrons. The molecule has 0 amide bonds. The topological polar surface area (TPSA) is 17.1 Å². The second-order valence-electron chi connectivity index (χ2n) is 8.53. The summed E-state index contributed by atoms with van der Waals surface area (Å²) in [4.78, 5) is 11.5. The van der Waals surface area contributed by atoms with E-state index >= 15 is 0 Å². The van der Waals surface area contributed by atoms with Crippen molar-refractivity contribution in [1.82, 2.24) is 0 Å². The van der Waals surface area contributed by atoms with Gasteiger partial charge in [-0.25, -0.2) is 0 Å². The van der Waals surface area contributed by atoms with Gasteiger partial charge < -0.3 is 0 Å². The number of allylic oxidation sites excluding steroid dienone is 14. The highest BCUT2D eigenvalue weighted by molar-refractivity contribution is 5.78. The molecule has 1 nitrogen and oxygen atoms in total. The molecule has 1 heteroatoms. The molecule has 28 heavy (non-hydrogen) atoms. The third-order valence-electron chi connectivity index (χ3n) is 7.27. The Morgan fingerprint density at radius 3 is 2.29 bits per heavy atom. The van der Waals surface area contributed by atoms with Gasteiger partial charge in [-0.1, -0.05) is 91.3 Å². The SMILES string of the molecule is CC=C(C=O)C=C1CCC(=CC=C(C)C(C)CC)C23C=CC=CC12CC=CC3. The number of carbonyl (C=O) groups is 1. The first-order chi connectivity index (χ1) is 13.5. The molecule has 0 saturated heterocycles. The molecular formula is C27H34O. The zero-order valence-corrected chi connectivity index (χ0v) is 17.9. The highest BCUT2D eigenvalue weighted by Crippen LogP contribution is 2.64. The van der Waals surface area contributed by atoms with Crippen molar-refractivity contribution in [3.63, 3.8) is 0 Å². The first-order valence-corrected chi connectivity index (χ1v) is 10.8. The van der Waals surface area contributed by atoms with Crippen molar-refractivity contribution in [2.75, 3.05) is 0 Å². The Kier molecular flexibility index (Phi) is 6.23. The zero-order valence-electron chi connectivity index (χ0n) is 17.9. The lowest BCUT2D eigenvalue weighted by Crippen LogP contribution is -2.47. The van der Waals surface area contributed by atoms with Crippen LogP contribution < -0.4 is 0 Å².